The minimum atomic E-state index is 0.173. The zero-order chi connectivity index (χ0) is 16.3. The topological polar surface area (TPSA) is 42.2 Å². The second kappa shape index (κ2) is 11.1. The highest BCUT2D eigenvalue weighted by atomic mass is 16.3. The molecule has 0 amide bonds. The molecule has 1 heterocycles. The van der Waals surface area contributed by atoms with Crippen molar-refractivity contribution in [3.05, 3.63) is 35.6 Å². The van der Waals surface area contributed by atoms with Crippen LogP contribution in [-0.4, -0.2) is 19.4 Å². The van der Waals surface area contributed by atoms with Crippen LogP contribution >= 0.6 is 0 Å². The van der Waals surface area contributed by atoms with E-state index in [9.17, 15) is 4.79 Å². The molecular formula is C18H29NO2. The van der Waals surface area contributed by atoms with E-state index in [0.717, 1.165) is 35.3 Å². The number of likely N-dealkylation sites (N-methyl/N-ethyl adjacent to an activating group) is 1. The average Bonchev–Trinajstić information content (AvgIpc) is 2.90. The maximum atomic E-state index is 11.1. The number of benzene rings is 1. The highest BCUT2D eigenvalue weighted by molar-refractivity contribution is 5.82. The minimum Gasteiger partial charge on any atom is -0.461 e. The number of nitrogens with one attached hydrogen (secondary N) is 1. The van der Waals surface area contributed by atoms with E-state index in [4.69, 9.17) is 4.42 Å². The first-order chi connectivity index (χ1) is 10.2. The van der Waals surface area contributed by atoms with Gasteiger partial charge in [0.15, 0.2) is 0 Å². The van der Waals surface area contributed by atoms with Gasteiger partial charge in [-0.25, -0.2) is 0 Å². The van der Waals surface area contributed by atoms with Crippen molar-refractivity contribution in [3.63, 3.8) is 0 Å². The summed E-state index contributed by atoms with van der Waals surface area (Å²) in [5, 5.41) is 4.19. The monoisotopic (exact) mass is 291 g/mol. The second-order valence-corrected chi connectivity index (χ2v) is 4.32. The standard InChI is InChI=1S/C14H17NO2.2C2H6/c1-10(16)7-11-3-4-12-9-13(5-6-15-2)17-14(12)8-11;2*1-2/h3-4,8-9,15H,5-7H2,1-2H3;2*1-2H3. The molecule has 0 aliphatic carbocycles. The van der Waals surface area contributed by atoms with E-state index in [1.807, 2.05) is 52.9 Å². The predicted molar refractivity (Wildman–Crippen MR) is 90.9 cm³/mol. The Morgan fingerprint density at radius 2 is 1.81 bits per heavy atom. The summed E-state index contributed by atoms with van der Waals surface area (Å²) in [4.78, 5) is 11.1. The molecule has 3 nitrogen and oxygen atoms in total. The molecule has 0 aliphatic rings. The highest BCUT2D eigenvalue weighted by Crippen LogP contribution is 2.21. The molecule has 0 radical (unpaired) electrons. The zero-order valence-electron chi connectivity index (χ0n) is 14.2. The summed E-state index contributed by atoms with van der Waals surface area (Å²) in [6.45, 7) is 10.5. The lowest BCUT2D eigenvalue weighted by atomic mass is 10.1. The molecule has 0 fully saturated rings. The number of hydrogen-bond acceptors (Lipinski definition) is 3. The molecule has 21 heavy (non-hydrogen) atoms. The molecule has 118 valence electrons. The van der Waals surface area contributed by atoms with Gasteiger partial charge in [-0.2, -0.15) is 0 Å². The summed E-state index contributed by atoms with van der Waals surface area (Å²) in [6, 6.07) is 8.02. The number of carbonyl (C=O) groups excluding carboxylic acids is 1. The Labute approximate surface area is 128 Å². The smallest absolute Gasteiger partial charge is 0.134 e. The normalized spacial score (nSPS) is 9.43. The van der Waals surface area contributed by atoms with Gasteiger partial charge in [-0.15, -0.1) is 0 Å². The van der Waals surface area contributed by atoms with Crippen LogP contribution in [0.15, 0.2) is 28.7 Å². The Hall–Kier alpha value is -1.61. The van der Waals surface area contributed by atoms with Crippen molar-refractivity contribution < 1.29 is 9.21 Å². The molecule has 3 heteroatoms. The molecule has 0 aliphatic heterocycles. The third-order valence-electron chi connectivity index (χ3n) is 2.71. The first kappa shape index (κ1) is 19.4. The predicted octanol–water partition coefficient (Wildman–Crippen LogP) is 4.38. The molecule has 0 atom stereocenters. The van der Waals surface area contributed by atoms with Crippen molar-refractivity contribution in [3.8, 4) is 0 Å². The van der Waals surface area contributed by atoms with E-state index in [0.29, 0.717) is 6.42 Å². The first-order valence-corrected chi connectivity index (χ1v) is 7.84. The third-order valence-corrected chi connectivity index (χ3v) is 2.71. The quantitative estimate of drug-likeness (QED) is 0.889. The lowest BCUT2D eigenvalue weighted by Crippen LogP contribution is -2.09. The third kappa shape index (κ3) is 6.58. The van der Waals surface area contributed by atoms with Gasteiger partial charge in [-0.1, -0.05) is 39.8 Å². The van der Waals surface area contributed by atoms with E-state index < -0.39 is 0 Å². The molecule has 0 unspecified atom stereocenters. The van der Waals surface area contributed by atoms with E-state index >= 15 is 0 Å². The molecule has 2 rings (SSSR count). The van der Waals surface area contributed by atoms with Crippen LogP contribution in [0, 0.1) is 0 Å². The van der Waals surface area contributed by atoms with Crippen molar-refractivity contribution in [1.82, 2.24) is 5.32 Å². The Kier molecular flexibility index (Phi) is 10.2. The zero-order valence-corrected chi connectivity index (χ0v) is 14.2. The lowest BCUT2D eigenvalue weighted by Gasteiger charge is -1.96. The van der Waals surface area contributed by atoms with Crippen molar-refractivity contribution in [2.45, 2.75) is 47.5 Å². The number of rotatable bonds is 5. The fourth-order valence-corrected chi connectivity index (χ4v) is 1.90. The van der Waals surface area contributed by atoms with E-state index in [1.165, 1.54) is 0 Å². The van der Waals surface area contributed by atoms with Crippen LogP contribution < -0.4 is 5.32 Å². The van der Waals surface area contributed by atoms with Gasteiger partial charge in [-0.3, -0.25) is 4.79 Å². The van der Waals surface area contributed by atoms with Crippen molar-refractivity contribution in [1.29, 1.82) is 0 Å². The van der Waals surface area contributed by atoms with Crippen LogP contribution in [0.5, 0.6) is 0 Å². The molecule has 0 saturated carbocycles. The summed E-state index contributed by atoms with van der Waals surface area (Å²) in [5.74, 6) is 1.15. The van der Waals surface area contributed by atoms with Gasteiger partial charge in [0.25, 0.3) is 0 Å². The molecule has 2 aromatic rings. The number of ketones is 1. The fraction of sp³-hybridized carbons (Fsp3) is 0.500. The van der Waals surface area contributed by atoms with Gasteiger partial charge in [0.2, 0.25) is 0 Å². The number of carbonyl (C=O) groups is 1. The Balaban J connectivity index is 0.000000921. The highest BCUT2D eigenvalue weighted by Gasteiger charge is 2.05. The number of Topliss-reactive ketones (excluding diaryl/α,β-unsaturated/α-hetero) is 1. The number of hydrogen-bond donors (Lipinski definition) is 1. The van der Waals surface area contributed by atoms with Gasteiger partial charge in [-0.05, 0) is 31.7 Å². The van der Waals surface area contributed by atoms with Crippen LogP contribution in [0.2, 0.25) is 0 Å². The fourth-order valence-electron chi connectivity index (χ4n) is 1.90. The summed E-state index contributed by atoms with van der Waals surface area (Å²) in [6.07, 6.45) is 1.36. The maximum absolute atomic E-state index is 11.1. The van der Waals surface area contributed by atoms with E-state index in [-0.39, 0.29) is 5.78 Å². The molecular weight excluding hydrogens is 262 g/mol. The largest absolute Gasteiger partial charge is 0.461 e. The summed E-state index contributed by atoms with van der Waals surface area (Å²) < 4.78 is 5.74. The van der Waals surface area contributed by atoms with Gasteiger partial charge in [0.1, 0.15) is 17.1 Å². The summed E-state index contributed by atoms with van der Waals surface area (Å²) in [7, 11) is 1.92. The molecule has 1 N–H and O–H groups in total. The van der Waals surface area contributed by atoms with Gasteiger partial charge < -0.3 is 9.73 Å². The van der Waals surface area contributed by atoms with Crippen LogP contribution in [0.4, 0.5) is 0 Å². The van der Waals surface area contributed by atoms with Gasteiger partial charge >= 0.3 is 0 Å². The van der Waals surface area contributed by atoms with Crippen molar-refractivity contribution in [2.24, 2.45) is 0 Å². The van der Waals surface area contributed by atoms with Crippen LogP contribution in [-0.2, 0) is 17.6 Å². The summed E-state index contributed by atoms with van der Waals surface area (Å²) in [5.41, 5.74) is 1.88. The van der Waals surface area contributed by atoms with E-state index in [1.54, 1.807) is 6.92 Å². The Morgan fingerprint density at radius 3 is 2.38 bits per heavy atom. The number of furan rings is 1. The average molecular weight is 291 g/mol. The molecule has 0 spiro atoms. The van der Waals surface area contributed by atoms with Crippen molar-refractivity contribution in [2.75, 3.05) is 13.6 Å². The second-order valence-electron chi connectivity index (χ2n) is 4.32. The first-order valence-electron chi connectivity index (χ1n) is 7.84. The Morgan fingerprint density at radius 1 is 1.14 bits per heavy atom. The number of fused-ring (bicyclic) bond motifs is 1. The van der Waals surface area contributed by atoms with Crippen LogP contribution in [0.1, 0.15) is 45.9 Å². The van der Waals surface area contributed by atoms with E-state index in [2.05, 4.69) is 11.4 Å². The molecule has 0 bridgehead atoms. The molecule has 1 aromatic heterocycles. The van der Waals surface area contributed by atoms with Crippen LogP contribution in [0.3, 0.4) is 0 Å². The SMILES string of the molecule is CC.CC.CNCCc1cc2ccc(CC(C)=O)cc2o1. The van der Waals surface area contributed by atoms with Crippen molar-refractivity contribution >= 4 is 16.8 Å². The molecule has 1 aromatic carbocycles. The van der Waals surface area contributed by atoms with Crippen LogP contribution in [0.25, 0.3) is 11.0 Å². The minimum absolute atomic E-state index is 0.173. The Bertz CT molecular complexity index is 529. The maximum Gasteiger partial charge on any atom is 0.134 e. The van der Waals surface area contributed by atoms with Gasteiger partial charge in [0, 0.05) is 24.8 Å². The van der Waals surface area contributed by atoms with Gasteiger partial charge in [0.05, 0.1) is 0 Å². The summed E-state index contributed by atoms with van der Waals surface area (Å²) >= 11 is 0. The lowest BCUT2D eigenvalue weighted by molar-refractivity contribution is -0.116. The molecule has 0 saturated heterocycles.